The predicted molar refractivity (Wildman–Crippen MR) is 133 cm³/mol. The van der Waals surface area contributed by atoms with Crippen LogP contribution in [0.15, 0.2) is 27.0 Å². The van der Waals surface area contributed by atoms with Crippen LogP contribution in [0, 0.1) is 0 Å². The van der Waals surface area contributed by atoms with Crippen LogP contribution in [0.2, 0.25) is 0 Å². The molecule has 0 aromatic carbocycles. The van der Waals surface area contributed by atoms with Crippen LogP contribution in [0.4, 0.5) is 5.13 Å². The Morgan fingerprint density at radius 1 is 1.41 bits per heavy atom. The van der Waals surface area contributed by atoms with E-state index in [2.05, 4.69) is 35.7 Å². The van der Waals surface area contributed by atoms with Crippen molar-refractivity contribution in [3.8, 4) is 0 Å². The molecule has 0 bridgehead atoms. The lowest BCUT2D eigenvalue weighted by atomic mass is 10.0. The van der Waals surface area contributed by atoms with E-state index < -0.39 is 39.2 Å². The Labute approximate surface area is 221 Å². The smallest absolute Gasteiger partial charge is 0.352 e. The molecule has 4 rings (SSSR count). The van der Waals surface area contributed by atoms with Crippen LogP contribution < -0.4 is 10.0 Å². The zero-order valence-electron chi connectivity index (χ0n) is 19.3. The van der Waals surface area contributed by atoms with Crippen LogP contribution >= 0.6 is 34.9 Å². The minimum Gasteiger partial charge on any atom is -0.477 e. The van der Waals surface area contributed by atoms with Gasteiger partial charge in [-0.15, -0.1) is 28.2 Å². The van der Waals surface area contributed by atoms with Gasteiger partial charge in [-0.05, 0) is 16.0 Å². The van der Waals surface area contributed by atoms with Gasteiger partial charge < -0.3 is 15.3 Å². The molecule has 0 saturated carbocycles. The monoisotopic (exact) mass is 589 g/mol. The molecular formula is C17H19N9O7S4. The molecule has 2 aromatic heterocycles. The number of β-lactam (4-membered cyclic amide) rings is 1. The second-order valence-electron chi connectivity index (χ2n) is 7.53. The van der Waals surface area contributed by atoms with E-state index in [9.17, 15) is 27.9 Å². The number of aromatic nitrogens is 5. The molecule has 0 radical (unpaired) electrons. The van der Waals surface area contributed by atoms with Gasteiger partial charge in [0.25, 0.3) is 11.8 Å². The number of nitrogens with one attached hydrogen (secondary N) is 2. The highest BCUT2D eigenvalue weighted by Crippen LogP contribution is 2.41. The maximum Gasteiger partial charge on any atom is 0.352 e. The summed E-state index contributed by atoms with van der Waals surface area (Å²) in [5.74, 6) is -2.08. The van der Waals surface area contributed by atoms with Crippen molar-refractivity contribution in [3.05, 3.63) is 22.3 Å². The summed E-state index contributed by atoms with van der Waals surface area (Å²) in [6.07, 6.45) is 0.956. The largest absolute Gasteiger partial charge is 0.477 e. The van der Waals surface area contributed by atoms with Crippen LogP contribution in [0.3, 0.4) is 0 Å². The van der Waals surface area contributed by atoms with Crippen molar-refractivity contribution in [1.82, 2.24) is 35.4 Å². The van der Waals surface area contributed by atoms with Gasteiger partial charge in [-0.2, -0.15) is 0 Å². The standard InChI is InChI=1S/C17H19N9O7S4/c1-25-17(20-23-24-25)36-5-7-4-34-14-10(13(28)26(14)11(7)15(29)30)19-12(27)9(21-33-2)8-6-35-16(18-8)22-37(3,31)32/h6,10,14H,4-5H2,1-3H3,(H,18,22)(H,19,27)(H,29,30)/t10?,14-/m0/s1. The van der Waals surface area contributed by atoms with Crippen LogP contribution in [0.1, 0.15) is 5.69 Å². The number of rotatable bonds is 10. The fraction of sp³-hybridized carbons (Fsp3) is 0.412. The first-order chi connectivity index (χ1) is 17.5. The predicted octanol–water partition coefficient (Wildman–Crippen LogP) is -1.08. The third kappa shape index (κ3) is 5.70. The highest BCUT2D eigenvalue weighted by atomic mass is 32.2. The van der Waals surface area contributed by atoms with Gasteiger partial charge in [0, 0.05) is 23.9 Å². The Hall–Kier alpha value is -3.23. The summed E-state index contributed by atoms with van der Waals surface area (Å²) in [6.45, 7) is 0. The number of carboxylic acid groups (broad SMARTS) is 1. The maximum atomic E-state index is 13.0. The van der Waals surface area contributed by atoms with E-state index in [1.54, 1.807) is 7.05 Å². The quantitative estimate of drug-likeness (QED) is 0.130. The van der Waals surface area contributed by atoms with E-state index >= 15 is 0 Å². The highest BCUT2D eigenvalue weighted by Gasteiger charge is 2.54. The number of tetrazole rings is 1. The van der Waals surface area contributed by atoms with Crippen LogP contribution in [0.5, 0.6) is 0 Å². The number of oxime groups is 1. The summed E-state index contributed by atoms with van der Waals surface area (Å²) >= 11 is 3.47. The number of aliphatic carboxylic acids is 1. The van der Waals surface area contributed by atoms with E-state index in [0.717, 1.165) is 22.5 Å². The Kier molecular flexibility index (Phi) is 7.71. The van der Waals surface area contributed by atoms with Crippen molar-refractivity contribution in [2.45, 2.75) is 16.6 Å². The molecule has 198 valence electrons. The molecular weight excluding hydrogens is 571 g/mol. The van der Waals surface area contributed by atoms with Crippen LogP contribution in [0.25, 0.3) is 0 Å². The van der Waals surface area contributed by atoms with E-state index in [4.69, 9.17) is 4.84 Å². The second kappa shape index (κ2) is 10.6. The summed E-state index contributed by atoms with van der Waals surface area (Å²) in [7, 11) is -0.717. The Morgan fingerprint density at radius 2 is 2.16 bits per heavy atom. The number of nitrogens with zero attached hydrogens (tertiary/aromatic N) is 7. The molecule has 2 amide bonds. The topological polar surface area (TPSA) is 211 Å². The van der Waals surface area contributed by atoms with Gasteiger partial charge in [0.2, 0.25) is 15.2 Å². The SMILES string of the molecule is CON=C(C(=O)NC1C(=O)N2C(C(=O)O)=C(CSc3nnnn3C)CS[C@@H]12)c1csc(NS(C)(=O)=O)n1. The molecule has 16 nitrogen and oxygen atoms in total. The lowest BCUT2D eigenvalue weighted by Gasteiger charge is -2.49. The van der Waals surface area contributed by atoms with Crippen molar-refractivity contribution in [2.75, 3.05) is 29.6 Å². The molecule has 0 aliphatic carbocycles. The molecule has 1 fully saturated rings. The molecule has 1 unspecified atom stereocenters. The minimum atomic E-state index is -3.58. The molecule has 2 aromatic rings. The number of aryl methyl sites for hydroxylation is 1. The molecule has 20 heteroatoms. The number of fused-ring (bicyclic) bond motifs is 1. The van der Waals surface area contributed by atoms with Gasteiger partial charge in [0.1, 0.15) is 29.9 Å². The third-order valence-electron chi connectivity index (χ3n) is 4.91. The van der Waals surface area contributed by atoms with Crippen molar-refractivity contribution in [2.24, 2.45) is 12.2 Å². The normalized spacial score (nSPS) is 19.8. The number of thiazole rings is 1. The first-order valence-corrected chi connectivity index (χ1v) is 14.9. The zero-order valence-corrected chi connectivity index (χ0v) is 22.6. The summed E-state index contributed by atoms with van der Waals surface area (Å²) in [6, 6.07) is -1.02. The lowest BCUT2D eigenvalue weighted by Crippen LogP contribution is -2.71. The number of amides is 2. The van der Waals surface area contributed by atoms with Crippen molar-refractivity contribution in [3.63, 3.8) is 0 Å². The van der Waals surface area contributed by atoms with E-state index in [1.165, 1.54) is 40.7 Å². The maximum absolute atomic E-state index is 13.0. The summed E-state index contributed by atoms with van der Waals surface area (Å²) in [4.78, 5) is 47.9. The van der Waals surface area contributed by atoms with Gasteiger partial charge in [0.15, 0.2) is 10.8 Å². The number of carbonyl (C=O) groups excluding carboxylic acids is 2. The molecule has 1 saturated heterocycles. The van der Waals surface area contributed by atoms with Crippen LogP contribution in [-0.4, -0.2) is 103 Å². The first kappa shape index (κ1) is 26.8. The van der Waals surface area contributed by atoms with Gasteiger partial charge >= 0.3 is 5.97 Å². The number of carboxylic acids is 1. The number of carbonyl (C=O) groups is 3. The Morgan fingerprint density at radius 3 is 2.78 bits per heavy atom. The van der Waals surface area contributed by atoms with E-state index in [-0.39, 0.29) is 28.0 Å². The molecule has 37 heavy (non-hydrogen) atoms. The molecule has 4 heterocycles. The fourth-order valence-corrected chi connectivity index (χ4v) is 7.27. The molecule has 0 spiro atoms. The first-order valence-electron chi connectivity index (χ1n) is 10.1. The summed E-state index contributed by atoms with van der Waals surface area (Å²) in [5, 5.41) is 28.4. The van der Waals surface area contributed by atoms with Gasteiger partial charge in [0.05, 0.1) is 6.26 Å². The summed E-state index contributed by atoms with van der Waals surface area (Å²) < 4.78 is 26.5. The molecule has 2 atom stereocenters. The second-order valence-corrected chi connectivity index (χ2v) is 12.2. The van der Waals surface area contributed by atoms with Crippen molar-refractivity contribution >= 4 is 73.5 Å². The van der Waals surface area contributed by atoms with E-state index in [1.807, 2.05) is 0 Å². The molecule has 2 aliphatic rings. The Bertz CT molecular complexity index is 1420. The minimum absolute atomic E-state index is 0.0153. The van der Waals surface area contributed by atoms with Gasteiger partial charge in [-0.1, -0.05) is 16.9 Å². The van der Waals surface area contributed by atoms with Gasteiger partial charge in [-0.25, -0.2) is 22.9 Å². The fourth-order valence-electron chi connectivity index (χ4n) is 3.38. The highest BCUT2D eigenvalue weighted by molar-refractivity contribution is 8.01. The molecule has 3 N–H and O–H groups in total. The average molecular weight is 590 g/mol. The van der Waals surface area contributed by atoms with Crippen LogP contribution in [-0.2, 0) is 36.3 Å². The lowest BCUT2D eigenvalue weighted by molar-refractivity contribution is -0.150. The zero-order chi connectivity index (χ0) is 26.9. The van der Waals surface area contributed by atoms with Crippen molar-refractivity contribution < 1.29 is 32.7 Å². The summed E-state index contributed by atoms with van der Waals surface area (Å²) in [5.41, 5.74) is 0.133. The number of hydrogen-bond donors (Lipinski definition) is 3. The number of hydrogen-bond acceptors (Lipinski definition) is 14. The number of anilines is 1. The van der Waals surface area contributed by atoms with Crippen molar-refractivity contribution in [1.29, 1.82) is 0 Å². The van der Waals surface area contributed by atoms with E-state index in [0.29, 0.717) is 16.5 Å². The number of sulfonamides is 1. The van der Waals surface area contributed by atoms with Gasteiger partial charge in [-0.3, -0.25) is 19.2 Å². The Balaban J connectivity index is 1.48. The average Bonchev–Trinajstić information content (AvgIpc) is 3.45. The molecule has 2 aliphatic heterocycles. The third-order valence-corrected chi connectivity index (χ3v) is 8.80. The number of thioether (sulfide) groups is 2.